The van der Waals surface area contributed by atoms with E-state index in [0.29, 0.717) is 16.5 Å². The number of carbonyl (C=O) groups excluding carboxylic acids is 1. The molecule has 1 amide bonds. The van der Waals surface area contributed by atoms with Gasteiger partial charge in [-0.05, 0) is 48.9 Å². The van der Waals surface area contributed by atoms with Crippen LogP contribution in [0.2, 0.25) is 10.0 Å². The van der Waals surface area contributed by atoms with Crippen LogP contribution in [-0.2, 0) is 9.59 Å². The van der Waals surface area contributed by atoms with Gasteiger partial charge in [0.2, 0.25) is 5.91 Å². The minimum absolute atomic E-state index is 0.0563. The van der Waals surface area contributed by atoms with Crippen molar-refractivity contribution in [3.05, 3.63) is 33.8 Å². The second-order valence-corrected chi connectivity index (χ2v) is 7.02. The van der Waals surface area contributed by atoms with Crippen LogP contribution in [0.4, 0.5) is 0 Å². The van der Waals surface area contributed by atoms with Crippen molar-refractivity contribution in [2.24, 2.45) is 11.8 Å². The van der Waals surface area contributed by atoms with Crippen LogP contribution in [0.25, 0.3) is 0 Å². The second kappa shape index (κ2) is 6.09. The van der Waals surface area contributed by atoms with Gasteiger partial charge in [-0.1, -0.05) is 29.6 Å². The van der Waals surface area contributed by atoms with Crippen LogP contribution >= 0.6 is 23.2 Å². The summed E-state index contributed by atoms with van der Waals surface area (Å²) >= 11 is 12.0. The molecule has 118 valence electrons. The van der Waals surface area contributed by atoms with E-state index in [9.17, 15) is 9.59 Å². The molecule has 1 aromatic carbocycles. The van der Waals surface area contributed by atoms with Gasteiger partial charge >= 0.3 is 5.97 Å². The van der Waals surface area contributed by atoms with E-state index in [1.54, 1.807) is 6.07 Å². The molecule has 3 rings (SSSR count). The monoisotopic (exact) mass is 341 g/mol. The maximum atomic E-state index is 12.3. The Morgan fingerprint density at radius 2 is 1.77 bits per heavy atom. The predicted molar refractivity (Wildman–Crippen MR) is 84.2 cm³/mol. The van der Waals surface area contributed by atoms with Gasteiger partial charge in [0.05, 0.1) is 5.92 Å². The van der Waals surface area contributed by atoms with Crippen LogP contribution in [0, 0.1) is 11.8 Å². The lowest BCUT2D eigenvalue weighted by Gasteiger charge is -2.17. The molecule has 0 radical (unpaired) electrons. The van der Waals surface area contributed by atoms with E-state index in [-0.39, 0.29) is 23.8 Å². The number of aliphatic carboxylic acids is 1. The number of carboxylic acids is 1. The highest BCUT2D eigenvalue weighted by molar-refractivity contribution is 6.34. The summed E-state index contributed by atoms with van der Waals surface area (Å²) < 4.78 is 0. The highest BCUT2D eigenvalue weighted by Gasteiger charge is 2.45. The van der Waals surface area contributed by atoms with Gasteiger partial charge in [0, 0.05) is 22.0 Å². The fraction of sp³-hybridized carbons (Fsp3) is 0.500. The van der Waals surface area contributed by atoms with Crippen molar-refractivity contribution in [2.75, 3.05) is 0 Å². The minimum atomic E-state index is -0.822. The molecule has 2 aliphatic carbocycles. The molecular weight excluding hydrogens is 325 g/mol. The summed E-state index contributed by atoms with van der Waals surface area (Å²) in [7, 11) is 0. The largest absolute Gasteiger partial charge is 0.481 e. The predicted octanol–water partition coefficient (Wildman–Crippen LogP) is 3.47. The molecule has 2 N–H and O–H groups in total. The van der Waals surface area contributed by atoms with E-state index in [1.807, 2.05) is 12.1 Å². The van der Waals surface area contributed by atoms with Crippen LogP contribution in [0.15, 0.2) is 18.2 Å². The summed E-state index contributed by atoms with van der Waals surface area (Å²) in [4.78, 5) is 23.5. The van der Waals surface area contributed by atoms with Gasteiger partial charge in [0.25, 0.3) is 0 Å². The van der Waals surface area contributed by atoms with Crippen LogP contribution in [0.5, 0.6) is 0 Å². The molecule has 0 bridgehead atoms. The third kappa shape index (κ3) is 3.23. The number of nitrogens with one attached hydrogen (secondary N) is 1. The van der Waals surface area contributed by atoms with Crippen molar-refractivity contribution in [1.82, 2.24) is 5.32 Å². The van der Waals surface area contributed by atoms with Gasteiger partial charge in [-0.3, -0.25) is 9.59 Å². The Morgan fingerprint density at radius 3 is 2.41 bits per heavy atom. The van der Waals surface area contributed by atoms with E-state index in [1.165, 1.54) is 0 Å². The second-order valence-electron chi connectivity index (χ2n) is 6.14. The van der Waals surface area contributed by atoms with Crippen molar-refractivity contribution >= 4 is 35.1 Å². The van der Waals surface area contributed by atoms with Crippen LogP contribution in [0.3, 0.4) is 0 Å². The fourth-order valence-corrected chi connectivity index (χ4v) is 3.90. The Labute approximate surface area is 138 Å². The van der Waals surface area contributed by atoms with Gasteiger partial charge in [-0.25, -0.2) is 0 Å². The highest BCUT2D eigenvalue weighted by atomic mass is 35.5. The molecule has 1 aromatic rings. The zero-order chi connectivity index (χ0) is 15.9. The van der Waals surface area contributed by atoms with Crippen molar-refractivity contribution in [1.29, 1.82) is 0 Å². The Hall–Kier alpha value is -1.26. The van der Waals surface area contributed by atoms with E-state index >= 15 is 0 Å². The summed E-state index contributed by atoms with van der Waals surface area (Å²) in [6, 6.07) is 5.09. The quantitative estimate of drug-likeness (QED) is 0.881. The minimum Gasteiger partial charge on any atom is -0.481 e. The smallest absolute Gasteiger partial charge is 0.308 e. The third-order valence-electron chi connectivity index (χ3n) is 4.60. The van der Waals surface area contributed by atoms with Gasteiger partial charge < -0.3 is 10.4 Å². The SMILES string of the molecule is O=C(N[C@H]1CCC[C@H]1C(=O)O)C1CC1c1cc(Cl)cc(Cl)c1. The van der Waals surface area contributed by atoms with Gasteiger partial charge in [-0.15, -0.1) is 0 Å². The van der Waals surface area contributed by atoms with E-state index in [0.717, 1.165) is 24.8 Å². The lowest BCUT2D eigenvalue weighted by Crippen LogP contribution is -2.41. The van der Waals surface area contributed by atoms with E-state index in [2.05, 4.69) is 5.32 Å². The number of halogens is 2. The lowest BCUT2D eigenvalue weighted by molar-refractivity contribution is -0.142. The van der Waals surface area contributed by atoms with Crippen molar-refractivity contribution < 1.29 is 14.7 Å². The molecule has 6 heteroatoms. The molecule has 0 heterocycles. The molecule has 22 heavy (non-hydrogen) atoms. The summed E-state index contributed by atoms with van der Waals surface area (Å²) in [6.45, 7) is 0. The first-order valence-electron chi connectivity index (χ1n) is 7.45. The number of amides is 1. The molecule has 4 nitrogen and oxygen atoms in total. The molecule has 0 aliphatic heterocycles. The van der Waals surface area contributed by atoms with Gasteiger partial charge in [0.15, 0.2) is 0 Å². The average molecular weight is 342 g/mol. The van der Waals surface area contributed by atoms with Crippen LogP contribution in [0.1, 0.15) is 37.2 Å². The molecule has 2 unspecified atom stereocenters. The van der Waals surface area contributed by atoms with E-state index in [4.69, 9.17) is 28.3 Å². The fourth-order valence-electron chi connectivity index (χ4n) is 3.36. The number of benzene rings is 1. The maximum absolute atomic E-state index is 12.3. The van der Waals surface area contributed by atoms with Crippen LogP contribution in [-0.4, -0.2) is 23.0 Å². The number of carbonyl (C=O) groups is 2. The Balaban J connectivity index is 1.62. The number of hydrogen-bond donors (Lipinski definition) is 2. The molecule has 2 fully saturated rings. The molecule has 2 aliphatic rings. The van der Waals surface area contributed by atoms with Gasteiger partial charge in [-0.2, -0.15) is 0 Å². The lowest BCUT2D eigenvalue weighted by atomic mass is 10.0. The number of rotatable bonds is 4. The number of carboxylic acid groups (broad SMARTS) is 1. The maximum Gasteiger partial charge on any atom is 0.308 e. The molecule has 0 aromatic heterocycles. The summed E-state index contributed by atoms with van der Waals surface area (Å²) in [5.41, 5.74) is 0.971. The zero-order valence-electron chi connectivity index (χ0n) is 11.9. The molecule has 0 spiro atoms. The third-order valence-corrected chi connectivity index (χ3v) is 5.04. The van der Waals surface area contributed by atoms with Crippen molar-refractivity contribution in [3.8, 4) is 0 Å². The van der Waals surface area contributed by atoms with Crippen molar-refractivity contribution in [2.45, 2.75) is 37.6 Å². The molecule has 4 atom stereocenters. The summed E-state index contributed by atoms with van der Waals surface area (Å²) in [5, 5.41) is 13.2. The molecular formula is C16H17Cl2NO3. The van der Waals surface area contributed by atoms with E-state index < -0.39 is 11.9 Å². The Morgan fingerprint density at radius 1 is 1.09 bits per heavy atom. The first kappa shape index (κ1) is 15.6. The normalized spacial score (nSPS) is 30.1. The number of hydrogen-bond acceptors (Lipinski definition) is 2. The standard InChI is InChI=1S/C16H17Cl2NO3/c17-9-4-8(5-10(18)6-9)12-7-13(12)15(20)19-14-3-1-2-11(14)16(21)22/h4-6,11-14H,1-3,7H2,(H,19,20)(H,21,22)/t11-,12?,13?,14+/m1/s1. The molecule has 0 saturated heterocycles. The van der Waals surface area contributed by atoms with Crippen molar-refractivity contribution in [3.63, 3.8) is 0 Å². The zero-order valence-corrected chi connectivity index (χ0v) is 13.4. The summed E-state index contributed by atoms with van der Waals surface area (Å²) in [5.74, 6) is -1.32. The first-order chi connectivity index (χ1) is 10.5. The highest BCUT2D eigenvalue weighted by Crippen LogP contribution is 2.48. The molecule has 2 saturated carbocycles. The first-order valence-corrected chi connectivity index (χ1v) is 8.20. The average Bonchev–Trinajstić information content (AvgIpc) is 3.10. The topological polar surface area (TPSA) is 66.4 Å². The van der Waals surface area contributed by atoms with Gasteiger partial charge in [0.1, 0.15) is 0 Å². The summed E-state index contributed by atoms with van der Waals surface area (Å²) in [6.07, 6.45) is 2.98. The van der Waals surface area contributed by atoms with Crippen LogP contribution < -0.4 is 5.32 Å². The Bertz CT molecular complexity index is 599. The Kier molecular flexibility index (Phi) is 4.33.